The molecule has 3 rings (SSSR count). The summed E-state index contributed by atoms with van der Waals surface area (Å²) in [6, 6.07) is 13.1. The van der Waals surface area contributed by atoms with Crippen molar-refractivity contribution in [2.45, 2.75) is 19.8 Å². The lowest BCUT2D eigenvalue weighted by Gasteiger charge is -2.30. The molecule has 0 spiro atoms. The van der Waals surface area contributed by atoms with E-state index in [2.05, 4.69) is 17.1 Å². The molecule has 2 aromatic carbocycles. The van der Waals surface area contributed by atoms with Crippen LogP contribution in [0.15, 0.2) is 42.5 Å². The van der Waals surface area contributed by atoms with Crippen LogP contribution in [0, 0.1) is 0 Å². The van der Waals surface area contributed by atoms with E-state index in [0.717, 1.165) is 37.3 Å². The Balaban J connectivity index is 1.74. The van der Waals surface area contributed by atoms with Gasteiger partial charge in [-0.1, -0.05) is 25.5 Å². The van der Waals surface area contributed by atoms with Crippen molar-refractivity contribution in [3.05, 3.63) is 48.0 Å². The summed E-state index contributed by atoms with van der Waals surface area (Å²) in [5, 5.41) is 3.03. The number of nitrogens with one attached hydrogen (secondary N) is 1. The first-order chi connectivity index (χ1) is 13.7. The molecule has 2 aromatic rings. The SMILES string of the molecule is CCCCOc1ccc(C(=O)Nc2ccccc2N2CCOCC2)cc1OC. The molecular formula is C22H28N2O4. The maximum absolute atomic E-state index is 12.8. The summed E-state index contributed by atoms with van der Waals surface area (Å²) >= 11 is 0. The lowest BCUT2D eigenvalue weighted by molar-refractivity contribution is 0.102. The van der Waals surface area contributed by atoms with E-state index in [1.165, 1.54) is 0 Å². The summed E-state index contributed by atoms with van der Waals surface area (Å²) in [6.45, 7) is 5.75. The fourth-order valence-corrected chi connectivity index (χ4v) is 3.11. The van der Waals surface area contributed by atoms with Gasteiger partial charge < -0.3 is 24.4 Å². The van der Waals surface area contributed by atoms with Crippen LogP contribution in [0.1, 0.15) is 30.1 Å². The van der Waals surface area contributed by atoms with Gasteiger partial charge in [-0.2, -0.15) is 0 Å². The number of nitrogens with zero attached hydrogens (tertiary/aromatic N) is 1. The van der Waals surface area contributed by atoms with Crippen LogP contribution in [-0.4, -0.2) is 45.9 Å². The van der Waals surface area contributed by atoms with Gasteiger partial charge in [-0.15, -0.1) is 0 Å². The van der Waals surface area contributed by atoms with Crippen LogP contribution in [0.5, 0.6) is 11.5 Å². The Morgan fingerprint density at radius 1 is 1.14 bits per heavy atom. The molecule has 0 saturated carbocycles. The second kappa shape index (κ2) is 9.99. The first kappa shape index (κ1) is 20.0. The number of amides is 1. The van der Waals surface area contributed by atoms with Gasteiger partial charge in [0.1, 0.15) is 0 Å². The highest BCUT2D eigenvalue weighted by molar-refractivity contribution is 6.06. The quantitative estimate of drug-likeness (QED) is 0.698. The number of carbonyl (C=O) groups is 1. The average Bonchev–Trinajstić information content (AvgIpc) is 2.75. The fraction of sp³-hybridized carbons (Fsp3) is 0.409. The number of rotatable bonds is 8. The van der Waals surface area contributed by atoms with Crippen LogP contribution in [0.3, 0.4) is 0 Å². The van der Waals surface area contributed by atoms with E-state index in [-0.39, 0.29) is 5.91 Å². The molecule has 0 aromatic heterocycles. The van der Waals surface area contributed by atoms with Crippen LogP contribution < -0.4 is 19.7 Å². The molecule has 0 aliphatic carbocycles. The van der Waals surface area contributed by atoms with Crippen LogP contribution in [0.25, 0.3) is 0 Å². The normalized spacial score (nSPS) is 13.9. The molecule has 1 aliphatic rings. The third-order valence-corrected chi connectivity index (χ3v) is 4.69. The molecule has 1 heterocycles. The van der Waals surface area contributed by atoms with E-state index < -0.39 is 0 Å². The van der Waals surface area contributed by atoms with Crippen LogP contribution in [-0.2, 0) is 4.74 Å². The smallest absolute Gasteiger partial charge is 0.255 e. The lowest BCUT2D eigenvalue weighted by atomic mass is 10.1. The van der Waals surface area contributed by atoms with Crippen LogP contribution in [0.2, 0.25) is 0 Å². The Morgan fingerprint density at radius 2 is 1.93 bits per heavy atom. The van der Waals surface area contributed by atoms with Gasteiger partial charge in [0, 0.05) is 18.7 Å². The van der Waals surface area contributed by atoms with Crippen molar-refractivity contribution in [3.8, 4) is 11.5 Å². The molecule has 1 N–H and O–H groups in total. The highest BCUT2D eigenvalue weighted by Gasteiger charge is 2.17. The van der Waals surface area contributed by atoms with E-state index in [1.54, 1.807) is 25.3 Å². The Labute approximate surface area is 166 Å². The van der Waals surface area contributed by atoms with Crippen LogP contribution >= 0.6 is 0 Å². The summed E-state index contributed by atoms with van der Waals surface area (Å²) in [5.74, 6) is 1.03. The van der Waals surface area contributed by atoms with Crippen molar-refractivity contribution in [2.75, 3.05) is 50.2 Å². The van der Waals surface area contributed by atoms with Crippen molar-refractivity contribution in [1.82, 2.24) is 0 Å². The lowest BCUT2D eigenvalue weighted by Crippen LogP contribution is -2.36. The Bertz CT molecular complexity index is 788. The molecule has 1 fully saturated rings. The molecular weight excluding hydrogens is 356 g/mol. The summed E-state index contributed by atoms with van der Waals surface area (Å²) in [6.07, 6.45) is 2.04. The van der Waals surface area contributed by atoms with Gasteiger partial charge in [-0.25, -0.2) is 0 Å². The predicted molar refractivity (Wildman–Crippen MR) is 111 cm³/mol. The van der Waals surface area contributed by atoms with Gasteiger partial charge in [0.15, 0.2) is 11.5 Å². The summed E-state index contributed by atoms with van der Waals surface area (Å²) < 4.78 is 16.6. The minimum Gasteiger partial charge on any atom is -0.493 e. The number of carbonyl (C=O) groups excluding carboxylic acids is 1. The number of anilines is 2. The van der Waals surface area contributed by atoms with Crippen molar-refractivity contribution < 1.29 is 19.0 Å². The third-order valence-electron chi connectivity index (χ3n) is 4.69. The predicted octanol–water partition coefficient (Wildman–Crippen LogP) is 3.96. The van der Waals surface area contributed by atoms with Gasteiger partial charge in [0.25, 0.3) is 5.91 Å². The zero-order valence-corrected chi connectivity index (χ0v) is 16.6. The maximum atomic E-state index is 12.8. The Morgan fingerprint density at radius 3 is 2.68 bits per heavy atom. The van der Waals surface area contributed by atoms with Crippen molar-refractivity contribution in [2.24, 2.45) is 0 Å². The monoisotopic (exact) mass is 384 g/mol. The van der Waals surface area contributed by atoms with Gasteiger partial charge in [-0.3, -0.25) is 4.79 Å². The number of hydrogen-bond acceptors (Lipinski definition) is 5. The van der Waals surface area contributed by atoms with E-state index in [4.69, 9.17) is 14.2 Å². The Hall–Kier alpha value is -2.73. The van der Waals surface area contributed by atoms with E-state index >= 15 is 0 Å². The van der Waals surface area contributed by atoms with E-state index in [9.17, 15) is 4.79 Å². The highest BCUT2D eigenvalue weighted by Crippen LogP contribution is 2.30. The second-order valence-electron chi connectivity index (χ2n) is 6.64. The summed E-state index contributed by atoms with van der Waals surface area (Å²) in [5.41, 5.74) is 2.32. The molecule has 1 amide bonds. The standard InChI is InChI=1S/C22H28N2O4/c1-3-4-13-28-20-10-9-17(16-21(20)26-2)22(25)23-18-7-5-6-8-19(18)24-11-14-27-15-12-24/h5-10,16H,3-4,11-15H2,1-2H3,(H,23,25). The zero-order chi connectivity index (χ0) is 19.8. The largest absolute Gasteiger partial charge is 0.493 e. The molecule has 0 radical (unpaired) electrons. The first-order valence-electron chi connectivity index (χ1n) is 9.77. The van der Waals surface area contributed by atoms with Crippen molar-refractivity contribution >= 4 is 17.3 Å². The molecule has 28 heavy (non-hydrogen) atoms. The summed E-state index contributed by atoms with van der Waals surface area (Å²) in [7, 11) is 1.58. The third kappa shape index (κ3) is 4.95. The number of unbranched alkanes of at least 4 members (excludes halogenated alkanes) is 1. The van der Waals surface area contributed by atoms with E-state index in [0.29, 0.717) is 36.9 Å². The molecule has 6 heteroatoms. The molecule has 6 nitrogen and oxygen atoms in total. The van der Waals surface area contributed by atoms with Gasteiger partial charge in [0.05, 0.1) is 38.3 Å². The first-order valence-corrected chi connectivity index (χ1v) is 9.77. The molecule has 150 valence electrons. The highest BCUT2D eigenvalue weighted by atomic mass is 16.5. The van der Waals surface area contributed by atoms with Crippen molar-refractivity contribution in [3.63, 3.8) is 0 Å². The van der Waals surface area contributed by atoms with Crippen LogP contribution in [0.4, 0.5) is 11.4 Å². The molecule has 1 aliphatic heterocycles. The van der Waals surface area contributed by atoms with Gasteiger partial charge in [-0.05, 0) is 36.8 Å². The Kier molecular flexibility index (Phi) is 7.14. The average molecular weight is 384 g/mol. The summed E-state index contributed by atoms with van der Waals surface area (Å²) in [4.78, 5) is 15.1. The number of methoxy groups -OCH3 is 1. The molecule has 0 atom stereocenters. The molecule has 1 saturated heterocycles. The fourth-order valence-electron chi connectivity index (χ4n) is 3.11. The topological polar surface area (TPSA) is 60.0 Å². The number of ether oxygens (including phenoxy) is 3. The zero-order valence-electron chi connectivity index (χ0n) is 16.6. The maximum Gasteiger partial charge on any atom is 0.255 e. The number of para-hydroxylation sites is 2. The molecule has 0 bridgehead atoms. The number of hydrogen-bond donors (Lipinski definition) is 1. The number of benzene rings is 2. The number of morpholine rings is 1. The molecule has 0 unspecified atom stereocenters. The van der Waals surface area contributed by atoms with Crippen molar-refractivity contribution in [1.29, 1.82) is 0 Å². The minimum absolute atomic E-state index is 0.181. The minimum atomic E-state index is -0.181. The van der Waals surface area contributed by atoms with Gasteiger partial charge >= 0.3 is 0 Å². The van der Waals surface area contributed by atoms with Gasteiger partial charge in [0.2, 0.25) is 0 Å². The van der Waals surface area contributed by atoms with E-state index in [1.807, 2.05) is 24.3 Å². The second-order valence-corrected chi connectivity index (χ2v) is 6.64.